The maximum absolute atomic E-state index is 14.0. The molecular formula is C32H26ClN3O2. The van der Waals surface area contributed by atoms with Gasteiger partial charge in [-0.3, -0.25) is 4.79 Å². The molecule has 6 heteroatoms. The van der Waals surface area contributed by atoms with Crippen LogP contribution in [-0.2, 0) is 11.3 Å². The van der Waals surface area contributed by atoms with Crippen molar-refractivity contribution in [2.24, 2.45) is 9.98 Å². The van der Waals surface area contributed by atoms with E-state index < -0.39 is 0 Å². The summed E-state index contributed by atoms with van der Waals surface area (Å²) in [6.45, 7) is 1.13. The zero-order valence-corrected chi connectivity index (χ0v) is 21.7. The fraction of sp³-hybridized carbons (Fsp3) is 0.125. The van der Waals surface area contributed by atoms with E-state index in [1.807, 2.05) is 108 Å². The number of halogens is 1. The highest BCUT2D eigenvalue weighted by Gasteiger charge is 2.30. The standard InChI is InChI=1S/C32H26ClN3O2/c1-38-25-17-15-24(16-18-25)34-22-35-30-14-8-6-11-26(30)27-19-20-36(21-23-9-3-2-4-10-23)32(37)31(27)28-12-5-7-13-29(28)33/h2-18H,19-21H2,1H3. The molecule has 188 valence electrons. The van der Waals surface area contributed by atoms with Gasteiger partial charge in [0.15, 0.2) is 0 Å². The van der Waals surface area contributed by atoms with Gasteiger partial charge in [-0.15, -0.1) is 0 Å². The first-order valence-corrected chi connectivity index (χ1v) is 12.7. The number of methoxy groups -OCH3 is 1. The van der Waals surface area contributed by atoms with Crippen molar-refractivity contribution in [3.63, 3.8) is 0 Å². The van der Waals surface area contributed by atoms with Crippen LogP contribution in [0.25, 0.3) is 11.1 Å². The number of ether oxygens (including phenoxy) is 1. The third-order valence-electron chi connectivity index (χ3n) is 6.45. The van der Waals surface area contributed by atoms with Gasteiger partial charge >= 0.3 is 0 Å². The Kier molecular flexibility index (Phi) is 7.79. The number of nitrogens with zero attached hydrogens (tertiary/aromatic N) is 3. The van der Waals surface area contributed by atoms with Crippen LogP contribution < -0.4 is 4.74 Å². The molecule has 0 spiro atoms. The number of carbonyl (C=O) groups excluding carboxylic acids is 1. The number of rotatable bonds is 7. The van der Waals surface area contributed by atoms with E-state index >= 15 is 0 Å². The first-order valence-electron chi connectivity index (χ1n) is 12.3. The van der Waals surface area contributed by atoms with E-state index in [1.165, 1.54) is 0 Å². The molecule has 0 saturated carbocycles. The zero-order chi connectivity index (χ0) is 26.3. The zero-order valence-electron chi connectivity index (χ0n) is 21.0. The lowest BCUT2D eigenvalue weighted by atomic mass is 9.87. The molecule has 0 aromatic heterocycles. The van der Waals surface area contributed by atoms with Gasteiger partial charge in [0.25, 0.3) is 5.91 Å². The van der Waals surface area contributed by atoms with Crippen molar-refractivity contribution in [2.45, 2.75) is 13.0 Å². The molecule has 4 aromatic rings. The summed E-state index contributed by atoms with van der Waals surface area (Å²) in [6.07, 6.45) is 0.668. The number of hydrogen-bond acceptors (Lipinski definition) is 4. The first kappa shape index (κ1) is 25.2. The summed E-state index contributed by atoms with van der Waals surface area (Å²) in [6, 6.07) is 35.4. The highest BCUT2D eigenvalue weighted by atomic mass is 35.5. The van der Waals surface area contributed by atoms with Gasteiger partial charge in [0, 0.05) is 29.2 Å². The average molecular weight is 520 g/mol. The molecule has 0 bridgehead atoms. The SMILES string of the molecule is COc1ccc(N=C=Nc2ccccc2C2=C(c3ccccc3Cl)C(=O)N(Cc3ccccc3)CC2)cc1. The summed E-state index contributed by atoms with van der Waals surface area (Å²) in [5.41, 5.74) is 5.60. The molecule has 1 aliphatic heterocycles. The van der Waals surface area contributed by atoms with E-state index in [2.05, 4.69) is 16.0 Å². The number of aliphatic imine (C=N–C) groups is 2. The number of benzene rings is 4. The summed E-state index contributed by atoms with van der Waals surface area (Å²) in [4.78, 5) is 24.7. The molecule has 5 rings (SSSR count). The molecule has 1 aliphatic rings. The molecule has 38 heavy (non-hydrogen) atoms. The minimum absolute atomic E-state index is 0.0473. The lowest BCUT2D eigenvalue weighted by molar-refractivity contribution is -0.125. The lowest BCUT2D eigenvalue weighted by Gasteiger charge is -2.31. The monoisotopic (exact) mass is 519 g/mol. The van der Waals surface area contributed by atoms with Crippen molar-refractivity contribution in [1.82, 2.24) is 4.90 Å². The van der Waals surface area contributed by atoms with Gasteiger partial charge in [-0.2, -0.15) is 9.98 Å². The Labute approximate surface area is 227 Å². The van der Waals surface area contributed by atoms with E-state index in [0.717, 1.165) is 28.0 Å². The smallest absolute Gasteiger partial charge is 0.255 e. The quantitative estimate of drug-likeness (QED) is 0.234. The number of amides is 1. The topological polar surface area (TPSA) is 54.3 Å². The molecule has 4 aromatic carbocycles. The fourth-order valence-electron chi connectivity index (χ4n) is 4.55. The van der Waals surface area contributed by atoms with Crippen molar-refractivity contribution in [2.75, 3.05) is 13.7 Å². The molecule has 0 N–H and O–H groups in total. The van der Waals surface area contributed by atoms with Crippen molar-refractivity contribution >= 4 is 46.0 Å². The van der Waals surface area contributed by atoms with E-state index in [9.17, 15) is 4.79 Å². The number of carbonyl (C=O) groups is 1. The second-order valence-electron chi connectivity index (χ2n) is 8.83. The predicted molar refractivity (Wildman–Crippen MR) is 153 cm³/mol. The first-order chi connectivity index (χ1) is 18.6. The third-order valence-corrected chi connectivity index (χ3v) is 6.77. The summed E-state index contributed by atoms with van der Waals surface area (Å²) in [7, 11) is 1.62. The van der Waals surface area contributed by atoms with Gasteiger partial charge < -0.3 is 9.64 Å². The van der Waals surface area contributed by atoms with Gasteiger partial charge in [0.2, 0.25) is 0 Å². The Morgan fingerprint density at radius 3 is 2.26 bits per heavy atom. The van der Waals surface area contributed by atoms with Crippen molar-refractivity contribution in [3.05, 3.63) is 125 Å². The van der Waals surface area contributed by atoms with Crippen molar-refractivity contribution < 1.29 is 9.53 Å². The van der Waals surface area contributed by atoms with Crippen LogP contribution in [0.15, 0.2) is 113 Å². The Morgan fingerprint density at radius 2 is 1.53 bits per heavy atom. The number of para-hydroxylation sites is 1. The highest BCUT2D eigenvalue weighted by Crippen LogP contribution is 2.40. The van der Waals surface area contributed by atoms with Crippen LogP contribution in [0.4, 0.5) is 11.4 Å². The molecule has 0 radical (unpaired) electrons. The average Bonchev–Trinajstić information content (AvgIpc) is 2.96. The highest BCUT2D eigenvalue weighted by molar-refractivity contribution is 6.37. The van der Waals surface area contributed by atoms with Crippen LogP contribution in [0.5, 0.6) is 5.75 Å². The van der Waals surface area contributed by atoms with Crippen LogP contribution in [0.1, 0.15) is 23.1 Å². The predicted octanol–water partition coefficient (Wildman–Crippen LogP) is 7.83. The van der Waals surface area contributed by atoms with Gasteiger partial charge in [0.05, 0.1) is 24.1 Å². The van der Waals surface area contributed by atoms with E-state index in [-0.39, 0.29) is 5.91 Å². The molecule has 0 aliphatic carbocycles. The second-order valence-corrected chi connectivity index (χ2v) is 9.24. The summed E-state index contributed by atoms with van der Waals surface area (Å²) in [5.74, 6) is 0.711. The van der Waals surface area contributed by atoms with Crippen LogP contribution in [-0.4, -0.2) is 30.5 Å². The minimum Gasteiger partial charge on any atom is -0.497 e. The summed E-state index contributed by atoms with van der Waals surface area (Å²) >= 11 is 6.63. The molecule has 0 fully saturated rings. The van der Waals surface area contributed by atoms with Crippen LogP contribution >= 0.6 is 11.6 Å². The Bertz CT molecular complexity index is 1540. The van der Waals surface area contributed by atoms with Gasteiger partial charge in [-0.05, 0) is 54.0 Å². The number of hydrogen-bond donors (Lipinski definition) is 0. The Hall–Kier alpha value is -4.44. The molecule has 0 saturated heterocycles. The molecule has 5 nitrogen and oxygen atoms in total. The Balaban J connectivity index is 1.56. The molecule has 0 unspecified atom stereocenters. The summed E-state index contributed by atoms with van der Waals surface area (Å²) in [5, 5.41) is 0.539. The molecule has 0 atom stereocenters. The van der Waals surface area contributed by atoms with E-state index in [0.29, 0.717) is 41.5 Å². The molecule has 1 amide bonds. The van der Waals surface area contributed by atoms with Gasteiger partial charge in [-0.1, -0.05) is 78.3 Å². The van der Waals surface area contributed by atoms with Crippen molar-refractivity contribution in [1.29, 1.82) is 0 Å². The van der Waals surface area contributed by atoms with Crippen LogP contribution in [0, 0.1) is 0 Å². The lowest BCUT2D eigenvalue weighted by Crippen LogP contribution is -2.36. The largest absolute Gasteiger partial charge is 0.497 e. The summed E-state index contributed by atoms with van der Waals surface area (Å²) < 4.78 is 5.20. The van der Waals surface area contributed by atoms with Crippen LogP contribution in [0.2, 0.25) is 5.02 Å². The molecule has 1 heterocycles. The maximum atomic E-state index is 14.0. The second kappa shape index (κ2) is 11.7. The fourth-order valence-corrected chi connectivity index (χ4v) is 4.78. The third kappa shape index (κ3) is 5.60. The van der Waals surface area contributed by atoms with Crippen molar-refractivity contribution in [3.8, 4) is 5.75 Å². The van der Waals surface area contributed by atoms with E-state index in [1.54, 1.807) is 7.11 Å². The van der Waals surface area contributed by atoms with Gasteiger partial charge in [-0.25, -0.2) is 0 Å². The minimum atomic E-state index is -0.0473. The van der Waals surface area contributed by atoms with Gasteiger partial charge in [0.1, 0.15) is 11.8 Å². The normalized spacial score (nSPS) is 13.2. The maximum Gasteiger partial charge on any atom is 0.255 e. The van der Waals surface area contributed by atoms with E-state index in [4.69, 9.17) is 16.3 Å². The Morgan fingerprint density at radius 1 is 0.842 bits per heavy atom. The molecular weight excluding hydrogens is 494 g/mol. The van der Waals surface area contributed by atoms with Crippen LogP contribution in [0.3, 0.4) is 0 Å².